The third-order valence-electron chi connectivity index (χ3n) is 4.60. The van der Waals surface area contributed by atoms with Crippen LogP contribution in [0.5, 0.6) is 11.5 Å². The van der Waals surface area contributed by atoms with Crippen LogP contribution in [0.4, 0.5) is 5.95 Å². The molecule has 7 nitrogen and oxygen atoms in total. The van der Waals surface area contributed by atoms with Crippen LogP contribution in [0.25, 0.3) is 11.0 Å². The van der Waals surface area contributed by atoms with Gasteiger partial charge >= 0.3 is 0 Å². The van der Waals surface area contributed by atoms with E-state index in [1.165, 1.54) is 0 Å². The average molecular weight is 348 g/mol. The standard InChI is InChI=1S/C19H16N4O3/c1-25-15-9-5-6-11(17(15)26-2)16-12(10-20)18(24)22-19-21-13-7-3-4-8-14(13)23(16)19/h3-9,12,16H,1-2H3,(H,21,22,24). The van der Waals surface area contributed by atoms with Gasteiger partial charge in [-0.3, -0.25) is 10.1 Å². The number of carbonyl (C=O) groups is 1. The lowest BCUT2D eigenvalue weighted by Gasteiger charge is -2.31. The van der Waals surface area contributed by atoms with Crippen molar-refractivity contribution in [3.8, 4) is 17.6 Å². The number of imidazole rings is 1. The zero-order valence-corrected chi connectivity index (χ0v) is 14.3. The van der Waals surface area contributed by atoms with Crippen LogP contribution in [0.3, 0.4) is 0 Å². The number of nitriles is 1. The summed E-state index contributed by atoms with van der Waals surface area (Å²) < 4.78 is 12.8. The van der Waals surface area contributed by atoms with E-state index in [2.05, 4.69) is 16.4 Å². The molecule has 1 N–H and O–H groups in total. The summed E-state index contributed by atoms with van der Waals surface area (Å²) in [5.74, 6) is 0.140. The van der Waals surface area contributed by atoms with Crippen molar-refractivity contribution in [1.82, 2.24) is 9.55 Å². The van der Waals surface area contributed by atoms with E-state index in [0.717, 1.165) is 11.0 Å². The molecule has 2 unspecified atom stereocenters. The van der Waals surface area contributed by atoms with Crippen LogP contribution in [0.2, 0.25) is 0 Å². The second kappa shape index (κ2) is 6.08. The third-order valence-corrected chi connectivity index (χ3v) is 4.60. The summed E-state index contributed by atoms with van der Waals surface area (Å²) in [5.41, 5.74) is 2.27. The Kier molecular flexibility index (Phi) is 3.73. The molecular formula is C19H16N4O3. The summed E-state index contributed by atoms with van der Waals surface area (Å²) in [6, 6.07) is 14.5. The molecular weight excluding hydrogens is 332 g/mol. The van der Waals surface area contributed by atoms with E-state index in [9.17, 15) is 10.1 Å². The molecule has 1 amide bonds. The molecule has 0 aliphatic carbocycles. The van der Waals surface area contributed by atoms with Crippen LogP contribution in [0.15, 0.2) is 42.5 Å². The molecule has 3 aromatic rings. The van der Waals surface area contributed by atoms with Gasteiger partial charge < -0.3 is 14.0 Å². The number of aromatic nitrogens is 2. The van der Waals surface area contributed by atoms with Gasteiger partial charge in [0, 0.05) is 5.56 Å². The van der Waals surface area contributed by atoms with Crippen LogP contribution >= 0.6 is 0 Å². The predicted molar refractivity (Wildman–Crippen MR) is 95.2 cm³/mol. The number of para-hydroxylation sites is 3. The molecule has 0 fully saturated rings. The molecule has 130 valence electrons. The first-order valence-corrected chi connectivity index (χ1v) is 8.08. The van der Waals surface area contributed by atoms with Crippen LogP contribution in [-0.4, -0.2) is 29.7 Å². The zero-order valence-electron chi connectivity index (χ0n) is 14.3. The van der Waals surface area contributed by atoms with E-state index >= 15 is 0 Å². The van der Waals surface area contributed by atoms with Crippen LogP contribution < -0.4 is 14.8 Å². The number of rotatable bonds is 3. The van der Waals surface area contributed by atoms with Crippen molar-refractivity contribution in [3.63, 3.8) is 0 Å². The normalized spacial score (nSPS) is 18.7. The first-order valence-electron chi connectivity index (χ1n) is 8.08. The lowest BCUT2D eigenvalue weighted by Crippen LogP contribution is -2.37. The molecule has 1 aromatic heterocycles. The Balaban J connectivity index is 2.04. The lowest BCUT2D eigenvalue weighted by atomic mass is 9.90. The Hall–Kier alpha value is -3.53. The van der Waals surface area contributed by atoms with E-state index < -0.39 is 12.0 Å². The van der Waals surface area contributed by atoms with Gasteiger partial charge in [0.15, 0.2) is 17.4 Å². The molecule has 4 rings (SSSR count). The highest BCUT2D eigenvalue weighted by atomic mass is 16.5. The Bertz CT molecular complexity index is 1050. The highest BCUT2D eigenvalue weighted by Crippen LogP contribution is 2.43. The molecule has 2 aromatic carbocycles. The summed E-state index contributed by atoms with van der Waals surface area (Å²) in [7, 11) is 3.09. The van der Waals surface area contributed by atoms with Gasteiger partial charge in [0.05, 0.1) is 37.4 Å². The van der Waals surface area contributed by atoms with Crippen molar-refractivity contribution in [2.45, 2.75) is 6.04 Å². The van der Waals surface area contributed by atoms with E-state index in [0.29, 0.717) is 23.0 Å². The van der Waals surface area contributed by atoms with Gasteiger partial charge in [0.1, 0.15) is 0 Å². The summed E-state index contributed by atoms with van der Waals surface area (Å²) in [5, 5.41) is 12.4. The molecule has 0 radical (unpaired) electrons. The number of methoxy groups -OCH3 is 2. The number of carbonyl (C=O) groups excluding carboxylic acids is 1. The van der Waals surface area contributed by atoms with Gasteiger partial charge in [-0.05, 0) is 18.2 Å². The molecule has 2 atom stereocenters. The number of hydrogen-bond donors (Lipinski definition) is 1. The van der Waals surface area contributed by atoms with Crippen molar-refractivity contribution in [3.05, 3.63) is 48.0 Å². The highest BCUT2D eigenvalue weighted by molar-refractivity contribution is 5.97. The van der Waals surface area contributed by atoms with E-state index in [1.54, 1.807) is 20.3 Å². The number of fused-ring (bicyclic) bond motifs is 3. The minimum Gasteiger partial charge on any atom is -0.493 e. The summed E-state index contributed by atoms with van der Waals surface area (Å²) in [6.45, 7) is 0. The molecule has 1 aliphatic heterocycles. The maximum atomic E-state index is 12.5. The zero-order chi connectivity index (χ0) is 18.3. The summed E-state index contributed by atoms with van der Waals surface area (Å²) >= 11 is 0. The van der Waals surface area contributed by atoms with E-state index in [-0.39, 0.29) is 5.91 Å². The minimum absolute atomic E-state index is 0.384. The van der Waals surface area contributed by atoms with Crippen LogP contribution in [0, 0.1) is 17.2 Å². The molecule has 7 heteroatoms. The smallest absolute Gasteiger partial charge is 0.246 e. The van der Waals surface area contributed by atoms with Gasteiger partial charge in [0.2, 0.25) is 11.9 Å². The monoisotopic (exact) mass is 348 g/mol. The molecule has 26 heavy (non-hydrogen) atoms. The molecule has 1 aliphatic rings. The first-order chi connectivity index (χ1) is 12.7. The molecule has 0 spiro atoms. The topological polar surface area (TPSA) is 89.2 Å². The number of benzene rings is 2. The average Bonchev–Trinajstić information content (AvgIpc) is 3.03. The Morgan fingerprint density at radius 2 is 1.96 bits per heavy atom. The maximum absolute atomic E-state index is 12.5. The van der Waals surface area contributed by atoms with Gasteiger partial charge in [0.25, 0.3) is 0 Å². The molecule has 0 bridgehead atoms. The lowest BCUT2D eigenvalue weighted by molar-refractivity contribution is -0.119. The summed E-state index contributed by atoms with van der Waals surface area (Å²) in [4.78, 5) is 17.0. The number of nitrogens with zero attached hydrogens (tertiary/aromatic N) is 3. The predicted octanol–water partition coefficient (Wildman–Crippen LogP) is 2.73. The highest BCUT2D eigenvalue weighted by Gasteiger charge is 2.40. The Labute approximate surface area is 149 Å². The fourth-order valence-electron chi connectivity index (χ4n) is 3.49. The van der Waals surface area contributed by atoms with Crippen molar-refractivity contribution in [2.75, 3.05) is 19.5 Å². The largest absolute Gasteiger partial charge is 0.493 e. The first kappa shape index (κ1) is 16.0. The second-order valence-corrected chi connectivity index (χ2v) is 5.92. The van der Waals surface area contributed by atoms with E-state index in [4.69, 9.17) is 9.47 Å². The van der Waals surface area contributed by atoms with Gasteiger partial charge in [-0.2, -0.15) is 5.26 Å². The van der Waals surface area contributed by atoms with Crippen molar-refractivity contribution < 1.29 is 14.3 Å². The second-order valence-electron chi connectivity index (χ2n) is 5.92. The third kappa shape index (κ3) is 2.19. The quantitative estimate of drug-likeness (QED) is 0.786. The van der Waals surface area contributed by atoms with Gasteiger partial charge in [-0.25, -0.2) is 4.98 Å². The number of ether oxygens (including phenoxy) is 2. The number of hydrogen-bond acceptors (Lipinski definition) is 5. The number of nitrogens with one attached hydrogen (secondary N) is 1. The van der Waals surface area contributed by atoms with Crippen LogP contribution in [-0.2, 0) is 4.79 Å². The Morgan fingerprint density at radius 1 is 1.15 bits per heavy atom. The fraction of sp³-hybridized carbons (Fsp3) is 0.211. The van der Waals surface area contributed by atoms with Crippen LogP contribution in [0.1, 0.15) is 11.6 Å². The number of anilines is 1. The number of amides is 1. The SMILES string of the molecule is COc1cccc(C2C(C#N)C(=O)Nc3nc4ccccc4n32)c1OC. The van der Waals surface area contributed by atoms with E-state index in [1.807, 2.05) is 41.0 Å². The summed E-state index contributed by atoms with van der Waals surface area (Å²) in [6.07, 6.45) is 0. The van der Waals surface area contributed by atoms with Crippen molar-refractivity contribution in [1.29, 1.82) is 5.26 Å². The molecule has 0 saturated carbocycles. The molecule has 0 saturated heterocycles. The van der Waals surface area contributed by atoms with Crippen molar-refractivity contribution >= 4 is 22.9 Å². The van der Waals surface area contributed by atoms with Crippen molar-refractivity contribution in [2.24, 2.45) is 5.92 Å². The Morgan fingerprint density at radius 3 is 2.69 bits per heavy atom. The van der Waals surface area contributed by atoms with Gasteiger partial charge in [-0.15, -0.1) is 0 Å². The van der Waals surface area contributed by atoms with Gasteiger partial charge in [-0.1, -0.05) is 24.3 Å². The minimum atomic E-state index is -0.930. The fourth-order valence-corrected chi connectivity index (χ4v) is 3.49. The maximum Gasteiger partial charge on any atom is 0.246 e. The molecule has 2 heterocycles.